The molecule has 0 saturated carbocycles. The molecule has 1 saturated heterocycles. The minimum atomic E-state index is -0.227. The van der Waals surface area contributed by atoms with Crippen LogP contribution in [0.4, 0.5) is 10.1 Å². The van der Waals surface area contributed by atoms with Crippen molar-refractivity contribution in [2.24, 2.45) is 5.73 Å². The molecule has 0 bridgehead atoms. The van der Waals surface area contributed by atoms with Gasteiger partial charge in [0.25, 0.3) is 0 Å². The van der Waals surface area contributed by atoms with Crippen molar-refractivity contribution in [1.82, 2.24) is 4.90 Å². The monoisotopic (exact) mass is 281 g/mol. The van der Waals surface area contributed by atoms with Gasteiger partial charge < -0.3 is 20.3 Å². The molecule has 0 aliphatic carbocycles. The van der Waals surface area contributed by atoms with Gasteiger partial charge in [-0.3, -0.25) is 0 Å². The summed E-state index contributed by atoms with van der Waals surface area (Å²) in [6.45, 7) is 3.14. The highest BCUT2D eigenvalue weighted by molar-refractivity contribution is 5.59. The van der Waals surface area contributed by atoms with Crippen LogP contribution in [0.25, 0.3) is 0 Å². The van der Waals surface area contributed by atoms with Gasteiger partial charge in [0.2, 0.25) is 0 Å². The molecule has 1 aliphatic heterocycles. The summed E-state index contributed by atoms with van der Waals surface area (Å²) >= 11 is 0. The maximum atomic E-state index is 13.5. The van der Waals surface area contributed by atoms with Crippen LogP contribution in [0.2, 0.25) is 0 Å². The zero-order valence-corrected chi connectivity index (χ0v) is 12.3. The summed E-state index contributed by atoms with van der Waals surface area (Å²) in [4.78, 5) is 4.22. The molecule has 0 unspecified atom stereocenters. The molecule has 2 N–H and O–H groups in total. The molecule has 0 radical (unpaired) electrons. The summed E-state index contributed by atoms with van der Waals surface area (Å²) in [7, 11) is 4.00. The first kappa shape index (κ1) is 15.1. The molecule has 4 nitrogen and oxygen atoms in total. The molecule has 1 aromatic carbocycles. The standard InChI is InChI=1S/C15H24FN3O/c1-18(2)9-10-20-15-4-3-12(16)11-14(15)19-7-5-13(17)6-8-19/h3-4,11,13H,5-10,17H2,1-2H3. The molecule has 1 fully saturated rings. The van der Waals surface area contributed by atoms with Gasteiger partial charge in [0.05, 0.1) is 5.69 Å². The minimum Gasteiger partial charge on any atom is -0.490 e. The van der Waals surface area contributed by atoms with E-state index in [1.807, 2.05) is 14.1 Å². The van der Waals surface area contributed by atoms with Crippen molar-refractivity contribution < 1.29 is 9.13 Å². The largest absolute Gasteiger partial charge is 0.490 e. The molecule has 20 heavy (non-hydrogen) atoms. The number of piperidine rings is 1. The van der Waals surface area contributed by atoms with Crippen LogP contribution in [0.1, 0.15) is 12.8 Å². The number of benzene rings is 1. The Bertz CT molecular complexity index is 431. The Morgan fingerprint density at radius 1 is 1.35 bits per heavy atom. The van der Waals surface area contributed by atoms with Crippen LogP contribution >= 0.6 is 0 Å². The molecule has 0 amide bonds. The first-order valence-electron chi connectivity index (χ1n) is 7.14. The third-order valence-electron chi connectivity index (χ3n) is 3.60. The molecule has 0 spiro atoms. The van der Waals surface area contributed by atoms with Crippen LogP contribution in [0, 0.1) is 5.82 Å². The minimum absolute atomic E-state index is 0.227. The van der Waals surface area contributed by atoms with Gasteiger partial charge in [-0.1, -0.05) is 0 Å². The van der Waals surface area contributed by atoms with Crippen LogP contribution in [0.3, 0.4) is 0 Å². The van der Waals surface area contributed by atoms with E-state index in [1.165, 1.54) is 6.07 Å². The number of hydrogen-bond acceptors (Lipinski definition) is 4. The van der Waals surface area contributed by atoms with Crippen molar-refractivity contribution in [3.05, 3.63) is 24.0 Å². The predicted octanol–water partition coefficient (Wildman–Crippen LogP) is 1.69. The van der Waals surface area contributed by atoms with Crippen molar-refractivity contribution in [2.45, 2.75) is 18.9 Å². The highest BCUT2D eigenvalue weighted by atomic mass is 19.1. The van der Waals surface area contributed by atoms with E-state index >= 15 is 0 Å². The van der Waals surface area contributed by atoms with Crippen LogP contribution in [-0.4, -0.2) is 51.3 Å². The van der Waals surface area contributed by atoms with E-state index in [-0.39, 0.29) is 11.9 Å². The quantitative estimate of drug-likeness (QED) is 0.892. The molecule has 1 aliphatic rings. The van der Waals surface area contributed by atoms with E-state index in [1.54, 1.807) is 12.1 Å². The van der Waals surface area contributed by atoms with E-state index in [4.69, 9.17) is 10.5 Å². The third kappa shape index (κ3) is 4.08. The van der Waals surface area contributed by atoms with Crippen LogP contribution in [-0.2, 0) is 0 Å². The van der Waals surface area contributed by atoms with Crippen LogP contribution < -0.4 is 15.4 Å². The van der Waals surface area contributed by atoms with Crippen LogP contribution in [0.15, 0.2) is 18.2 Å². The molecule has 1 aromatic rings. The molecular weight excluding hydrogens is 257 g/mol. The van der Waals surface area contributed by atoms with Gasteiger partial charge in [-0.05, 0) is 39.1 Å². The Morgan fingerprint density at radius 3 is 2.70 bits per heavy atom. The highest BCUT2D eigenvalue weighted by Crippen LogP contribution is 2.31. The fourth-order valence-corrected chi connectivity index (χ4v) is 2.34. The second-order valence-electron chi connectivity index (χ2n) is 5.59. The summed E-state index contributed by atoms with van der Waals surface area (Å²) in [5.74, 6) is 0.526. The van der Waals surface area contributed by atoms with E-state index in [0.29, 0.717) is 6.61 Å². The molecule has 0 atom stereocenters. The fourth-order valence-electron chi connectivity index (χ4n) is 2.34. The van der Waals surface area contributed by atoms with Gasteiger partial charge in [-0.2, -0.15) is 0 Å². The average molecular weight is 281 g/mol. The third-order valence-corrected chi connectivity index (χ3v) is 3.60. The Labute approximate surface area is 120 Å². The van der Waals surface area contributed by atoms with Gasteiger partial charge in [0, 0.05) is 31.7 Å². The molecule has 0 aromatic heterocycles. The second kappa shape index (κ2) is 6.90. The van der Waals surface area contributed by atoms with Crippen molar-refractivity contribution in [3.8, 4) is 5.75 Å². The Morgan fingerprint density at radius 2 is 2.05 bits per heavy atom. The highest BCUT2D eigenvalue weighted by Gasteiger charge is 2.19. The summed E-state index contributed by atoms with van der Waals surface area (Å²) in [5.41, 5.74) is 6.76. The summed E-state index contributed by atoms with van der Waals surface area (Å²) in [6, 6.07) is 4.99. The lowest BCUT2D eigenvalue weighted by molar-refractivity contribution is 0.261. The zero-order chi connectivity index (χ0) is 14.5. The molecule has 112 valence electrons. The Kier molecular flexibility index (Phi) is 5.20. The van der Waals surface area contributed by atoms with Crippen molar-refractivity contribution in [1.29, 1.82) is 0 Å². The number of anilines is 1. The normalized spacial score (nSPS) is 16.8. The lowest BCUT2D eigenvalue weighted by Gasteiger charge is -2.33. The van der Waals surface area contributed by atoms with Crippen molar-refractivity contribution in [3.63, 3.8) is 0 Å². The van der Waals surface area contributed by atoms with E-state index < -0.39 is 0 Å². The molecular formula is C15H24FN3O. The maximum absolute atomic E-state index is 13.5. The van der Waals surface area contributed by atoms with Gasteiger partial charge in [0.15, 0.2) is 0 Å². The van der Waals surface area contributed by atoms with Gasteiger partial charge in [-0.15, -0.1) is 0 Å². The van der Waals surface area contributed by atoms with Crippen molar-refractivity contribution >= 4 is 5.69 Å². The van der Waals surface area contributed by atoms with E-state index in [2.05, 4.69) is 9.80 Å². The van der Waals surface area contributed by atoms with Gasteiger partial charge in [-0.25, -0.2) is 4.39 Å². The van der Waals surface area contributed by atoms with E-state index in [9.17, 15) is 4.39 Å². The molecule has 2 rings (SSSR count). The number of rotatable bonds is 5. The average Bonchev–Trinajstić information content (AvgIpc) is 2.41. The molecule has 5 heteroatoms. The smallest absolute Gasteiger partial charge is 0.142 e. The van der Waals surface area contributed by atoms with Gasteiger partial charge >= 0.3 is 0 Å². The van der Waals surface area contributed by atoms with Crippen molar-refractivity contribution in [2.75, 3.05) is 45.2 Å². The number of nitrogens with two attached hydrogens (primary N) is 1. The Balaban J connectivity index is 2.07. The number of ether oxygens (including phenoxy) is 1. The Hall–Kier alpha value is -1.33. The first-order valence-corrected chi connectivity index (χ1v) is 7.14. The summed E-state index contributed by atoms with van der Waals surface area (Å²) in [6.07, 6.45) is 1.88. The van der Waals surface area contributed by atoms with Gasteiger partial charge in [0.1, 0.15) is 18.2 Å². The fraction of sp³-hybridized carbons (Fsp3) is 0.600. The molecule has 1 heterocycles. The first-order chi connectivity index (χ1) is 9.56. The maximum Gasteiger partial charge on any atom is 0.142 e. The number of likely N-dealkylation sites (N-methyl/N-ethyl adjacent to an activating group) is 1. The predicted molar refractivity (Wildman–Crippen MR) is 79.9 cm³/mol. The summed E-state index contributed by atoms with van der Waals surface area (Å²) in [5, 5.41) is 0. The SMILES string of the molecule is CN(C)CCOc1ccc(F)cc1N1CCC(N)CC1. The zero-order valence-electron chi connectivity index (χ0n) is 12.3. The number of hydrogen-bond donors (Lipinski definition) is 1. The number of halogens is 1. The lowest BCUT2D eigenvalue weighted by Crippen LogP contribution is -2.39. The number of nitrogens with zero attached hydrogens (tertiary/aromatic N) is 2. The second-order valence-corrected chi connectivity index (χ2v) is 5.59. The lowest BCUT2D eigenvalue weighted by atomic mass is 10.1. The van der Waals surface area contributed by atoms with E-state index in [0.717, 1.165) is 43.9 Å². The van der Waals surface area contributed by atoms with Crippen LogP contribution in [0.5, 0.6) is 5.75 Å². The topological polar surface area (TPSA) is 41.7 Å². The summed E-state index contributed by atoms with van der Waals surface area (Å²) < 4.78 is 19.3.